The third-order valence-electron chi connectivity index (χ3n) is 2.59. The summed E-state index contributed by atoms with van der Waals surface area (Å²) < 4.78 is 5.23. The van der Waals surface area contributed by atoms with Gasteiger partial charge in [0.05, 0.1) is 17.3 Å². The third kappa shape index (κ3) is 4.13. The lowest BCUT2D eigenvalue weighted by atomic mass is 10.3. The Morgan fingerprint density at radius 2 is 2.32 bits per heavy atom. The van der Waals surface area contributed by atoms with E-state index in [1.54, 1.807) is 18.5 Å². The molecule has 2 heterocycles. The minimum atomic E-state index is -0.159. The second-order valence-electron chi connectivity index (χ2n) is 4.24. The highest BCUT2D eigenvalue weighted by Gasteiger charge is 2.14. The monoisotopic (exact) mass is 276 g/mol. The van der Waals surface area contributed by atoms with Crippen LogP contribution >= 0.6 is 11.8 Å². The summed E-state index contributed by atoms with van der Waals surface area (Å²) in [5.74, 6) is 2.09. The maximum Gasteiger partial charge on any atom is 0.238 e. The standard InChI is InChI=1S/C14H16N2O2S/c1-10-5-6-13(15-8-10)16-14(17)11(2)19-9-12-4-3-7-18-12/h3-8,11H,9H2,1-2H3,(H,15,16,17). The van der Waals surface area contributed by atoms with Gasteiger partial charge in [0.15, 0.2) is 0 Å². The van der Waals surface area contributed by atoms with Crippen molar-refractivity contribution in [3.63, 3.8) is 0 Å². The molecule has 1 unspecified atom stereocenters. The van der Waals surface area contributed by atoms with E-state index < -0.39 is 0 Å². The van der Waals surface area contributed by atoms with Crippen LogP contribution in [-0.2, 0) is 10.5 Å². The van der Waals surface area contributed by atoms with Gasteiger partial charge in [-0.2, -0.15) is 0 Å². The SMILES string of the molecule is Cc1ccc(NC(=O)C(C)SCc2ccco2)nc1. The predicted octanol–water partition coefficient (Wildman–Crippen LogP) is 3.24. The van der Waals surface area contributed by atoms with Crippen molar-refractivity contribution < 1.29 is 9.21 Å². The fraction of sp³-hybridized carbons (Fsp3) is 0.286. The van der Waals surface area contributed by atoms with Crippen molar-refractivity contribution in [2.45, 2.75) is 24.9 Å². The first-order valence-corrected chi connectivity index (χ1v) is 7.07. The minimum Gasteiger partial charge on any atom is -0.468 e. The molecule has 0 aromatic carbocycles. The van der Waals surface area contributed by atoms with Crippen LogP contribution in [0.4, 0.5) is 5.82 Å². The molecule has 0 radical (unpaired) electrons. The molecule has 1 amide bonds. The van der Waals surface area contributed by atoms with E-state index in [-0.39, 0.29) is 11.2 Å². The fourth-order valence-corrected chi connectivity index (χ4v) is 2.24. The van der Waals surface area contributed by atoms with E-state index in [1.807, 2.05) is 32.0 Å². The highest BCUT2D eigenvalue weighted by molar-refractivity contribution is 7.99. The molecule has 19 heavy (non-hydrogen) atoms. The summed E-state index contributed by atoms with van der Waals surface area (Å²) in [4.78, 5) is 16.1. The van der Waals surface area contributed by atoms with Crippen molar-refractivity contribution >= 4 is 23.5 Å². The molecule has 2 aromatic rings. The van der Waals surface area contributed by atoms with E-state index >= 15 is 0 Å². The normalized spacial score (nSPS) is 12.1. The number of aryl methyl sites for hydroxylation is 1. The Kier molecular flexibility index (Phi) is 4.63. The molecule has 0 bridgehead atoms. The van der Waals surface area contributed by atoms with Gasteiger partial charge in [0.25, 0.3) is 0 Å². The van der Waals surface area contributed by atoms with Crippen LogP contribution in [0, 0.1) is 6.92 Å². The van der Waals surface area contributed by atoms with Crippen molar-refractivity contribution in [2.75, 3.05) is 5.32 Å². The highest BCUT2D eigenvalue weighted by Crippen LogP contribution is 2.19. The molecule has 0 aliphatic rings. The second-order valence-corrected chi connectivity index (χ2v) is 5.57. The van der Waals surface area contributed by atoms with Crippen molar-refractivity contribution in [3.05, 3.63) is 48.0 Å². The Hall–Kier alpha value is -1.75. The number of carbonyl (C=O) groups is 1. The first kappa shape index (κ1) is 13.7. The van der Waals surface area contributed by atoms with E-state index in [9.17, 15) is 4.79 Å². The molecule has 2 rings (SSSR count). The summed E-state index contributed by atoms with van der Waals surface area (Å²) in [5.41, 5.74) is 1.07. The van der Waals surface area contributed by atoms with E-state index in [0.717, 1.165) is 11.3 Å². The molecule has 0 aliphatic carbocycles. The Morgan fingerprint density at radius 3 is 2.95 bits per heavy atom. The lowest BCUT2D eigenvalue weighted by molar-refractivity contribution is -0.115. The average molecular weight is 276 g/mol. The Morgan fingerprint density at radius 1 is 1.47 bits per heavy atom. The van der Waals surface area contributed by atoms with E-state index in [0.29, 0.717) is 11.6 Å². The van der Waals surface area contributed by atoms with Crippen LogP contribution in [0.2, 0.25) is 0 Å². The number of rotatable bonds is 5. The zero-order chi connectivity index (χ0) is 13.7. The molecule has 0 spiro atoms. The van der Waals surface area contributed by atoms with Gasteiger partial charge in [-0.15, -0.1) is 11.8 Å². The summed E-state index contributed by atoms with van der Waals surface area (Å²) in [6.45, 7) is 3.83. The van der Waals surface area contributed by atoms with Crippen LogP contribution in [0.3, 0.4) is 0 Å². The molecule has 2 aromatic heterocycles. The Bertz CT molecular complexity index is 523. The number of thioether (sulfide) groups is 1. The van der Waals surface area contributed by atoms with Gasteiger partial charge in [0.1, 0.15) is 11.6 Å². The molecule has 0 saturated carbocycles. The molecule has 0 fully saturated rings. The van der Waals surface area contributed by atoms with Gasteiger partial charge in [0, 0.05) is 6.20 Å². The number of hydrogen-bond donors (Lipinski definition) is 1. The van der Waals surface area contributed by atoms with Crippen molar-refractivity contribution in [1.82, 2.24) is 4.98 Å². The topological polar surface area (TPSA) is 55.1 Å². The average Bonchev–Trinajstić information content (AvgIpc) is 2.91. The molecular weight excluding hydrogens is 260 g/mol. The summed E-state index contributed by atoms with van der Waals surface area (Å²) in [7, 11) is 0. The molecule has 1 atom stereocenters. The molecule has 5 heteroatoms. The summed E-state index contributed by atoms with van der Waals surface area (Å²) in [6, 6.07) is 7.47. The molecule has 0 saturated heterocycles. The van der Waals surface area contributed by atoms with Gasteiger partial charge < -0.3 is 9.73 Å². The zero-order valence-corrected chi connectivity index (χ0v) is 11.7. The van der Waals surface area contributed by atoms with Gasteiger partial charge >= 0.3 is 0 Å². The number of nitrogens with one attached hydrogen (secondary N) is 1. The third-order valence-corrected chi connectivity index (χ3v) is 3.75. The number of hydrogen-bond acceptors (Lipinski definition) is 4. The number of nitrogens with zero attached hydrogens (tertiary/aromatic N) is 1. The van der Waals surface area contributed by atoms with Crippen LogP contribution < -0.4 is 5.32 Å². The maximum absolute atomic E-state index is 12.0. The quantitative estimate of drug-likeness (QED) is 0.910. The molecular formula is C14H16N2O2S. The second kappa shape index (κ2) is 6.43. The fourth-order valence-electron chi connectivity index (χ4n) is 1.45. The zero-order valence-electron chi connectivity index (χ0n) is 10.9. The maximum atomic E-state index is 12.0. The van der Waals surface area contributed by atoms with Crippen molar-refractivity contribution in [1.29, 1.82) is 0 Å². The number of amides is 1. The highest BCUT2D eigenvalue weighted by atomic mass is 32.2. The lowest BCUT2D eigenvalue weighted by Crippen LogP contribution is -2.23. The van der Waals surface area contributed by atoms with Crippen molar-refractivity contribution in [3.8, 4) is 0 Å². The van der Waals surface area contributed by atoms with E-state index in [4.69, 9.17) is 4.42 Å². The number of furan rings is 1. The van der Waals surface area contributed by atoms with Gasteiger partial charge in [0.2, 0.25) is 5.91 Å². The minimum absolute atomic E-state index is 0.0482. The summed E-state index contributed by atoms with van der Waals surface area (Å²) in [5, 5.41) is 2.64. The van der Waals surface area contributed by atoms with Crippen LogP contribution in [0.25, 0.3) is 0 Å². The predicted molar refractivity (Wildman–Crippen MR) is 77.1 cm³/mol. The van der Waals surface area contributed by atoms with Crippen LogP contribution in [-0.4, -0.2) is 16.1 Å². The number of anilines is 1. The Balaban J connectivity index is 1.83. The number of aromatic nitrogens is 1. The largest absolute Gasteiger partial charge is 0.468 e. The molecule has 0 aliphatic heterocycles. The molecule has 4 nitrogen and oxygen atoms in total. The van der Waals surface area contributed by atoms with E-state index in [2.05, 4.69) is 10.3 Å². The van der Waals surface area contributed by atoms with Gasteiger partial charge in [-0.25, -0.2) is 4.98 Å². The van der Waals surface area contributed by atoms with Crippen LogP contribution in [0.15, 0.2) is 41.1 Å². The van der Waals surface area contributed by atoms with Crippen LogP contribution in [0.5, 0.6) is 0 Å². The van der Waals surface area contributed by atoms with Gasteiger partial charge in [-0.3, -0.25) is 4.79 Å². The smallest absolute Gasteiger partial charge is 0.238 e. The van der Waals surface area contributed by atoms with Crippen LogP contribution in [0.1, 0.15) is 18.2 Å². The number of carbonyl (C=O) groups excluding carboxylic acids is 1. The molecule has 1 N–H and O–H groups in total. The Labute approximate surface area is 116 Å². The lowest BCUT2D eigenvalue weighted by Gasteiger charge is -2.10. The van der Waals surface area contributed by atoms with Gasteiger partial charge in [-0.1, -0.05) is 6.07 Å². The first-order chi connectivity index (χ1) is 9.15. The molecule has 100 valence electrons. The van der Waals surface area contributed by atoms with Crippen molar-refractivity contribution in [2.24, 2.45) is 0 Å². The summed E-state index contributed by atoms with van der Waals surface area (Å²) >= 11 is 1.53. The number of pyridine rings is 1. The van der Waals surface area contributed by atoms with Gasteiger partial charge in [-0.05, 0) is 37.6 Å². The summed E-state index contributed by atoms with van der Waals surface area (Å²) in [6.07, 6.45) is 3.37. The van der Waals surface area contributed by atoms with E-state index in [1.165, 1.54) is 11.8 Å². The first-order valence-electron chi connectivity index (χ1n) is 6.02.